The standard InChI is InChI=1S/C23H24N4O2/c1-16-9-11-17(12-10-16)15-27(23(29)19-8-5-13-26-22(19)25)20(14-21(24)28)18-6-3-2-4-7-18/h2-13,20H,14-15H2,1H3,(H2,24,28)(H2,25,26). The summed E-state index contributed by atoms with van der Waals surface area (Å²) in [6.07, 6.45) is 1.54. The molecule has 6 nitrogen and oxygen atoms in total. The molecule has 0 radical (unpaired) electrons. The molecule has 0 saturated carbocycles. The number of hydrogen-bond donors (Lipinski definition) is 2. The average molecular weight is 388 g/mol. The second-order valence-corrected chi connectivity index (χ2v) is 6.95. The fraction of sp³-hybridized carbons (Fsp3) is 0.174. The van der Waals surface area contributed by atoms with E-state index < -0.39 is 11.9 Å². The molecule has 0 spiro atoms. The van der Waals surface area contributed by atoms with E-state index in [9.17, 15) is 9.59 Å². The number of hydrogen-bond acceptors (Lipinski definition) is 4. The summed E-state index contributed by atoms with van der Waals surface area (Å²) in [6, 6.07) is 20.1. The maximum atomic E-state index is 13.5. The minimum absolute atomic E-state index is 0.00177. The normalized spacial score (nSPS) is 11.6. The van der Waals surface area contributed by atoms with Crippen LogP contribution < -0.4 is 11.5 Å². The van der Waals surface area contributed by atoms with Crippen LogP contribution in [0.1, 0.15) is 39.5 Å². The molecule has 4 N–H and O–H groups in total. The monoisotopic (exact) mass is 388 g/mol. The minimum Gasteiger partial charge on any atom is -0.383 e. The number of nitrogens with zero attached hydrogens (tertiary/aromatic N) is 2. The first-order chi connectivity index (χ1) is 14.0. The summed E-state index contributed by atoms with van der Waals surface area (Å²) in [5, 5.41) is 0. The Hall–Kier alpha value is -3.67. The third-order valence-corrected chi connectivity index (χ3v) is 4.76. The van der Waals surface area contributed by atoms with Crippen LogP contribution in [0, 0.1) is 6.92 Å². The number of nitrogen functional groups attached to an aromatic ring is 1. The van der Waals surface area contributed by atoms with Crippen molar-refractivity contribution in [2.45, 2.75) is 25.9 Å². The maximum Gasteiger partial charge on any atom is 0.258 e. The highest BCUT2D eigenvalue weighted by molar-refractivity contribution is 5.98. The van der Waals surface area contributed by atoms with Gasteiger partial charge < -0.3 is 16.4 Å². The summed E-state index contributed by atoms with van der Waals surface area (Å²) < 4.78 is 0. The molecule has 2 amide bonds. The first kappa shape index (κ1) is 20.1. The third-order valence-electron chi connectivity index (χ3n) is 4.76. The van der Waals surface area contributed by atoms with E-state index in [4.69, 9.17) is 11.5 Å². The van der Waals surface area contributed by atoms with Crippen molar-refractivity contribution in [3.05, 3.63) is 95.2 Å². The number of carbonyl (C=O) groups is 2. The number of rotatable bonds is 7. The lowest BCUT2D eigenvalue weighted by Gasteiger charge is -2.32. The lowest BCUT2D eigenvalue weighted by Crippen LogP contribution is -2.37. The van der Waals surface area contributed by atoms with Crippen LogP contribution >= 0.6 is 0 Å². The molecular formula is C23H24N4O2. The Morgan fingerprint density at radius 1 is 1.00 bits per heavy atom. The minimum atomic E-state index is -0.526. The Morgan fingerprint density at radius 3 is 2.31 bits per heavy atom. The van der Waals surface area contributed by atoms with E-state index in [-0.39, 0.29) is 18.1 Å². The van der Waals surface area contributed by atoms with Gasteiger partial charge in [-0.15, -0.1) is 0 Å². The molecule has 1 heterocycles. The van der Waals surface area contributed by atoms with Gasteiger partial charge in [0.2, 0.25) is 5.91 Å². The van der Waals surface area contributed by atoms with Crippen molar-refractivity contribution in [2.24, 2.45) is 5.73 Å². The zero-order chi connectivity index (χ0) is 20.8. The van der Waals surface area contributed by atoms with E-state index in [2.05, 4.69) is 4.98 Å². The van der Waals surface area contributed by atoms with Gasteiger partial charge >= 0.3 is 0 Å². The van der Waals surface area contributed by atoms with E-state index >= 15 is 0 Å². The summed E-state index contributed by atoms with van der Waals surface area (Å²) >= 11 is 0. The van der Waals surface area contributed by atoms with Crippen molar-refractivity contribution >= 4 is 17.6 Å². The summed E-state index contributed by atoms with van der Waals surface area (Å²) in [5.74, 6) is -0.636. The topological polar surface area (TPSA) is 102 Å². The number of amides is 2. The molecule has 1 aromatic heterocycles. The van der Waals surface area contributed by atoms with Gasteiger partial charge in [0.15, 0.2) is 0 Å². The van der Waals surface area contributed by atoms with E-state index in [1.165, 1.54) is 6.20 Å². The van der Waals surface area contributed by atoms with E-state index in [0.29, 0.717) is 12.1 Å². The van der Waals surface area contributed by atoms with Gasteiger partial charge in [0.25, 0.3) is 5.91 Å². The van der Waals surface area contributed by atoms with Crippen molar-refractivity contribution < 1.29 is 9.59 Å². The van der Waals surface area contributed by atoms with Gasteiger partial charge in [-0.05, 0) is 30.2 Å². The molecule has 1 unspecified atom stereocenters. The number of aromatic nitrogens is 1. The molecule has 0 bridgehead atoms. The molecule has 3 rings (SSSR count). The maximum absolute atomic E-state index is 13.5. The first-order valence-electron chi connectivity index (χ1n) is 9.36. The SMILES string of the molecule is Cc1ccc(CN(C(=O)c2cccnc2N)C(CC(N)=O)c2ccccc2)cc1. The summed E-state index contributed by atoms with van der Waals surface area (Å²) in [7, 11) is 0. The first-order valence-corrected chi connectivity index (χ1v) is 9.36. The average Bonchev–Trinajstić information content (AvgIpc) is 2.72. The number of anilines is 1. The van der Waals surface area contributed by atoms with Gasteiger partial charge in [0.1, 0.15) is 5.82 Å². The largest absolute Gasteiger partial charge is 0.383 e. The molecule has 3 aromatic rings. The lowest BCUT2D eigenvalue weighted by atomic mass is 9.99. The van der Waals surface area contributed by atoms with Gasteiger partial charge in [-0.3, -0.25) is 9.59 Å². The van der Waals surface area contributed by atoms with Crippen LogP contribution in [0.15, 0.2) is 72.9 Å². The van der Waals surface area contributed by atoms with E-state index in [1.54, 1.807) is 17.0 Å². The smallest absolute Gasteiger partial charge is 0.258 e. The fourth-order valence-electron chi connectivity index (χ4n) is 3.24. The van der Waals surface area contributed by atoms with E-state index in [0.717, 1.165) is 16.7 Å². The van der Waals surface area contributed by atoms with Crippen LogP contribution in [0.25, 0.3) is 0 Å². The summed E-state index contributed by atoms with van der Waals surface area (Å²) in [4.78, 5) is 31.0. The fourth-order valence-corrected chi connectivity index (χ4v) is 3.24. The molecule has 29 heavy (non-hydrogen) atoms. The highest BCUT2D eigenvalue weighted by Crippen LogP contribution is 2.29. The van der Waals surface area contributed by atoms with Crippen LogP contribution in [-0.4, -0.2) is 21.7 Å². The molecule has 6 heteroatoms. The number of benzene rings is 2. The number of carbonyl (C=O) groups excluding carboxylic acids is 2. The Kier molecular flexibility index (Phi) is 6.24. The van der Waals surface area contributed by atoms with Crippen LogP contribution in [0.2, 0.25) is 0 Å². The number of primary amides is 1. The number of pyridine rings is 1. The molecule has 2 aromatic carbocycles. The molecule has 0 aliphatic rings. The van der Waals surface area contributed by atoms with Gasteiger partial charge in [-0.1, -0.05) is 60.2 Å². The quantitative estimate of drug-likeness (QED) is 0.648. The van der Waals surface area contributed by atoms with Crippen molar-refractivity contribution in [1.29, 1.82) is 0 Å². The molecular weight excluding hydrogens is 364 g/mol. The van der Waals surface area contributed by atoms with Crippen molar-refractivity contribution in [2.75, 3.05) is 5.73 Å². The molecule has 0 fully saturated rings. The van der Waals surface area contributed by atoms with Gasteiger partial charge in [-0.25, -0.2) is 4.98 Å². The highest BCUT2D eigenvalue weighted by atomic mass is 16.2. The van der Waals surface area contributed by atoms with Crippen LogP contribution in [0.5, 0.6) is 0 Å². The summed E-state index contributed by atoms with van der Waals surface area (Å²) in [5.41, 5.74) is 14.7. The molecule has 148 valence electrons. The predicted molar refractivity (Wildman–Crippen MR) is 113 cm³/mol. The van der Waals surface area contributed by atoms with Gasteiger partial charge in [-0.2, -0.15) is 0 Å². The Labute approximate surface area is 170 Å². The predicted octanol–water partition coefficient (Wildman–Crippen LogP) is 3.23. The molecule has 0 aliphatic heterocycles. The molecule has 1 atom stereocenters. The molecule has 0 aliphatic carbocycles. The molecule has 0 saturated heterocycles. The second kappa shape index (κ2) is 9.01. The Bertz CT molecular complexity index is 987. The zero-order valence-electron chi connectivity index (χ0n) is 16.3. The van der Waals surface area contributed by atoms with Crippen molar-refractivity contribution in [3.8, 4) is 0 Å². The Morgan fingerprint density at radius 2 is 1.69 bits per heavy atom. The van der Waals surface area contributed by atoms with Crippen LogP contribution in [-0.2, 0) is 11.3 Å². The number of nitrogens with two attached hydrogens (primary N) is 2. The third kappa shape index (κ3) is 4.99. The highest BCUT2D eigenvalue weighted by Gasteiger charge is 2.29. The van der Waals surface area contributed by atoms with Crippen LogP contribution in [0.4, 0.5) is 5.82 Å². The summed E-state index contributed by atoms with van der Waals surface area (Å²) in [6.45, 7) is 2.31. The van der Waals surface area contributed by atoms with Crippen molar-refractivity contribution in [3.63, 3.8) is 0 Å². The Balaban J connectivity index is 2.06. The zero-order valence-corrected chi connectivity index (χ0v) is 16.3. The van der Waals surface area contributed by atoms with E-state index in [1.807, 2.05) is 61.5 Å². The lowest BCUT2D eigenvalue weighted by molar-refractivity contribution is -0.119. The van der Waals surface area contributed by atoms with Crippen LogP contribution in [0.3, 0.4) is 0 Å². The number of aryl methyl sites for hydroxylation is 1. The second-order valence-electron chi connectivity index (χ2n) is 6.95. The van der Waals surface area contributed by atoms with Gasteiger partial charge in [0.05, 0.1) is 18.0 Å². The van der Waals surface area contributed by atoms with Crippen molar-refractivity contribution in [1.82, 2.24) is 9.88 Å². The van der Waals surface area contributed by atoms with Gasteiger partial charge in [0, 0.05) is 12.7 Å².